The third-order valence-electron chi connectivity index (χ3n) is 5.65. The normalized spacial score (nSPS) is 22.9. The van der Waals surface area contributed by atoms with Crippen LogP contribution in [-0.2, 0) is 6.54 Å². The third-order valence-corrected chi connectivity index (χ3v) is 6.00. The lowest BCUT2D eigenvalue weighted by Crippen LogP contribution is -2.63. The Morgan fingerprint density at radius 1 is 1.15 bits per heavy atom. The first-order valence-corrected chi connectivity index (χ1v) is 10.4. The number of aromatic nitrogens is 1. The van der Waals surface area contributed by atoms with E-state index >= 15 is 0 Å². The largest absolute Gasteiger partial charge is 0.360 e. The van der Waals surface area contributed by atoms with Gasteiger partial charge in [-0.25, -0.2) is 0 Å². The summed E-state index contributed by atoms with van der Waals surface area (Å²) in [7, 11) is 0. The predicted octanol–water partition coefficient (Wildman–Crippen LogP) is 4.01. The summed E-state index contributed by atoms with van der Waals surface area (Å²) in [5.74, 6) is 0. The summed E-state index contributed by atoms with van der Waals surface area (Å²) in [4.78, 5) is 6.58. The smallest absolute Gasteiger partial charge is 0.169 e. The highest BCUT2D eigenvalue weighted by Crippen LogP contribution is 2.30. The Labute approximate surface area is 164 Å². The Balaban J connectivity index is 1.70. The van der Waals surface area contributed by atoms with Gasteiger partial charge in [-0.2, -0.15) is 0 Å². The Kier molecular flexibility index (Phi) is 5.88. The molecule has 2 aliphatic rings. The topological polar surface area (TPSA) is 40.2 Å². The summed E-state index contributed by atoms with van der Waals surface area (Å²) in [6.07, 6.45) is 11.0. The molecular weight excluding hydrogens is 340 g/mol. The molecule has 26 heavy (non-hydrogen) atoms. The Bertz CT molecular complexity index is 592. The summed E-state index contributed by atoms with van der Waals surface area (Å²) in [5, 5.41) is 8.41. The van der Waals surface area contributed by atoms with Crippen molar-refractivity contribution in [3.05, 3.63) is 30.1 Å². The van der Waals surface area contributed by atoms with Crippen LogP contribution >= 0.6 is 12.2 Å². The van der Waals surface area contributed by atoms with Crippen molar-refractivity contribution in [2.45, 2.75) is 95.9 Å². The number of pyridine rings is 1. The lowest BCUT2D eigenvalue weighted by Gasteiger charge is -2.47. The number of hydrogen-bond donors (Lipinski definition) is 2. The maximum Gasteiger partial charge on any atom is 0.169 e. The van der Waals surface area contributed by atoms with Gasteiger partial charge in [0.2, 0.25) is 0 Å². The highest BCUT2D eigenvalue weighted by atomic mass is 32.1. The lowest BCUT2D eigenvalue weighted by atomic mass is 9.80. The van der Waals surface area contributed by atoms with E-state index in [4.69, 9.17) is 12.2 Å². The first-order chi connectivity index (χ1) is 12.2. The van der Waals surface area contributed by atoms with Crippen LogP contribution < -0.4 is 10.6 Å². The van der Waals surface area contributed by atoms with Gasteiger partial charge in [0.05, 0.1) is 0 Å². The summed E-state index contributed by atoms with van der Waals surface area (Å²) in [6, 6.07) is 5.17. The molecule has 1 aromatic rings. The third kappa shape index (κ3) is 5.17. The average molecular weight is 375 g/mol. The van der Waals surface area contributed by atoms with Crippen LogP contribution in [0.2, 0.25) is 0 Å². The predicted molar refractivity (Wildman–Crippen MR) is 112 cm³/mol. The molecule has 3 rings (SSSR count). The standard InChI is InChI=1S/C21H34N4S/c1-20(2)13-17(14-21(3,4)24-20)23-19(26)25(18-7-5-6-8-18)15-16-9-11-22-12-10-16/h9-12,17-18,24H,5-8,13-15H2,1-4H3,(H,23,26). The van der Waals surface area contributed by atoms with E-state index in [1.54, 1.807) is 0 Å². The monoisotopic (exact) mass is 374 g/mol. The van der Waals surface area contributed by atoms with Crippen LogP contribution in [0.25, 0.3) is 0 Å². The van der Waals surface area contributed by atoms with Crippen molar-refractivity contribution in [1.82, 2.24) is 20.5 Å². The number of nitrogens with zero attached hydrogens (tertiary/aromatic N) is 2. The molecule has 0 atom stereocenters. The summed E-state index contributed by atoms with van der Waals surface area (Å²) in [5.41, 5.74) is 1.53. The van der Waals surface area contributed by atoms with Crippen molar-refractivity contribution in [2.75, 3.05) is 0 Å². The van der Waals surface area contributed by atoms with Crippen molar-refractivity contribution in [2.24, 2.45) is 0 Å². The van der Waals surface area contributed by atoms with Crippen molar-refractivity contribution >= 4 is 17.3 Å². The first kappa shape index (κ1) is 19.6. The first-order valence-electron chi connectivity index (χ1n) is 9.99. The average Bonchev–Trinajstić information content (AvgIpc) is 3.04. The molecule has 5 heteroatoms. The molecule has 144 valence electrons. The number of hydrogen-bond acceptors (Lipinski definition) is 3. The van der Waals surface area contributed by atoms with Crippen molar-refractivity contribution in [3.63, 3.8) is 0 Å². The van der Waals surface area contributed by atoms with Crippen LogP contribution in [0, 0.1) is 0 Å². The molecule has 0 aromatic carbocycles. The van der Waals surface area contributed by atoms with E-state index in [0.29, 0.717) is 12.1 Å². The van der Waals surface area contributed by atoms with Crippen molar-refractivity contribution in [1.29, 1.82) is 0 Å². The fourth-order valence-corrected chi connectivity index (χ4v) is 5.33. The number of thiocarbonyl (C=S) groups is 1. The van der Waals surface area contributed by atoms with Crippen molar-refractivity contribution < 1.29 is 0 Å². The molecular formula is C21H34N4S. The fourth-order valence-electron chi connectivity index (χ4n) is 4.95. The molecule has 1 aromatic heterocycles. The molecule has 0 bridgehead atoms. The highest BCUT2D eigenvalue weighted by Gasteiger charge is 2.38. The van der Waals surface area contributed by atoms with Gasteiger partial charge in [0, 0.05) is 42.1 Å². The number of piperidine rings is 1. The van der Waals surface area contributed by atoms with Gasteiger partial charge in [-0.3, -0.25) is 4.98 Å². The summed E-state index contributed by atoms with van der Waals surface area (Å²) in [6.45, 7) is 10.0. The Morgan fingerprint density at radius 3 is 2.31 bits per heavy atom. The Hall–Kier alpha value is -1.20. The van der Waals surface area contributed by atoms with Gasteiger partial charge in [-0.1, -0.05) is 12.8 Å². The number of rotatable bonds is 4. The molecule has 1 saturated carbocycles. The quantitative estimate of drug-likeness (QED) is 0.779. The lowest BCUT2D eigenvalue weighted by molar-refractivity contribution is 0.152. The molecule has 0 radical (unpaired) electrons. The van der Waals surface area contributed by atoms with Gasteiger partial charge in [-0.05, 0) is 83.3 Å². The maximum atomic E-state index is 5.92. The molecule has 1 saturated heterocycles. The fraction of sp³-hybridized carbons (Fsp3) is 0.714. The van der Waals surface area contributed by atoms with Gasteiger partial charge >= 0.3 is 0 Å². The second-order valence-electron chi connectivity index (χ2n) is 9.37. The highest BCUT2D eigenvalue weighted by molar-refractivity contribution is 7.80. The number of nitrogens with one attached hydrogen (secondary N) is 2. The van der Waals surface area contributed by atoms with E-state index in [9.17, 15) is 0 Å². The minimum absolute atomic E-state index is 0.123. The van der Waals surface area contributed by atoms with Crippen LogP contribution in [-0.4, -0.2) is 38.2 Å². The van der Waals surface area contributed by atoms with Crippen LogP contribution in [0.1, 0.15) is 71.8 Å². The molecule has 0 amide bonds. The van der Waals surface area contributed by atoms with Crippen molar-refractivity contribution in [3.8, 4) is 0 Å². The second-order valence-corrected chi connectivity index (χ2v) is 9.76. The molecule has 4 nitrogen and oxygen atoms in total. The van der Waals surface area contributed by atoms with Gasteiger partial charge in [0.25, 0.3) is 0 Å². The van der Waals surface area contributed by atoms with E-state index in [-0.39, 0.29) is 11.1 Å². The van der Waals surface area contributed by atoms with E-state index < -0.39 is 0 Å². The SMILES string of the molecule is CC1(C)CC(NC(=S)N(Cc2ccncc2)C2CCCC2)CC(C)(C)N1. The van der Waals surface area contributed by atoms with Crippen LogP contribution in [0.5, 0.6) is 0 Å². The molecule has 0 unspecified atom stereocenters. The zero-order valence-corrected chi connectivity index (χ0v) is 17.5. The zero-order valence-electron chi connectivity index (χ0n) is 16.7. The van der Waals surface area contributed by atoms with Crippen LogP contribution in [0.15, 0.2) is 24.5 Å². The molecule has 0 spiro atoms. The van der Waals surface area contributed by atoms with Crippen LogP contribution in [0.3, 0.4) is 0 Å². The van der Waals surface area contributed by atoms with E-state index in [1.807, 2.05) is 12.4 Å². The van der Waals surface area contributed by atoms with Crippen LogP contribution in [0.4, 0.5) is 0 Å². The van der Waals surface area contributed by atoms with E-state index in [1.165, 1.54) is 31.2 Å². The second kappa shape index (κ2) is 7.81. The summed E-state index contributed by atoms with van der Waals surface area (Å²) >= 11 is 5.92. The molecule has 1 aliphatic carbocycles. The summed E-state index contributed by atoms with van der Waals surface area (Å²) < 4.78 is 0. The van der Waals surface area contributed by atoms with E-state index in [0.717, 1.165) is 24.5 Å². The van der Waals surface area contributed by atoms with Gasteiger partial charge < -0.3 is 15.5 Å². The molecule has 2 heterocycles. The van der Waals surface area contributed by atoms with E-state index in [2.05, 4.69) is 60.3 Å². The minimum atomic E-state index is 0.123. The van der Waals surface area contributed by atoms with Gasteiger partial charge in [0.1, 0.15) is 0 Å². The molecule has 2 fully saturated rings. The van der Waals surface area contributed by atoms with Gasteiger partial charge in [0.15, 0.2) is 5.11 Å². The maximum absolute atomic E-state index is 5.92. The zero-order chi connectivity index (χ0) is 18.8. The molecule has 2 N–H and O–H groups in total. The minimum Gasteiger partial charge on any atom is -0.360 e. The Morgan fingerprint density at radius 2 is 1.73 bits per heavy atom. The van der Waals surface area contributed by atoms with Gasteiger partial charge in [-0.15, -0.1) is 0 Å². The molecule has 1 aliphatic heterocycles.